The number of carboxylic acid groups (broad SMARTS) is 1. The van der Waals surface area contributed by atoms with Gasteiger partial charge in [0, 0.05) is 19.3 Å². The van der Waals surface area contributed by atoms with E-state index in [9.17, 15) is 18.4 Å². The fourth-order valence-corrected chi connectivity index (χ4v) is 3.19. The minimum absolute atomic E-state index is 0.225. The normalized spacial score (nSPS) is 10.6. The molecule has 0 aromatic heterocycles. The van der Waals surface area contributed by atoms with Crippen LogP contribution < -0.4 is 10.2 Å². The molecule has 31 heavy (non-hydrogen) atoms. The summed E-state index contributed by atoms with van der Waals surface area (Å²) in [6, 6.07) is 8.54. The molecule has 0 atom stereocenters. The Balaban J connectivity index is 2.13. The molecule has 5 nitrogen and oxygen atoms in total. The van der Waals surface area contributed by atoms with Crippen LogP contribution in [0.3, 0.4) is 0 Å². The first-order valence-corrected chi connectivity index (χ1v) is 10.3. The molecular weight excluding hydrogens is 402 g/mol. The topological polar surface area (TPSA) is 69.6 Å². The summed E-state index contributed by atoms with van der Waals surface area (Å²) >= 11 is 0. The molecule has 166 valence electrons. The maximum Gasteiger partial charge on any atom is 0.335 e. The quantitative estimate of drug-likeness (QED) is 0.367. The van der Waals surface area contributed by atoms with E-state index in [1.807, 2.05) is 0 Å². The first-order valence-electron chi connectivity index (χ1n) is 10.3. The van der Waals surface area contributed by atoms with Crippen molar-refractivity contribution >= 4 is 23.3 Å². The Bertz CT molecular complexity index is 937. The predicted octanol–water partition coefficient (Wildman–Crippen LogP) is 5.85. The van der Waals surface area contributed by atoms with E-state index in [4.69, 9.17) is 5.11 Å². The first kappa shape index (κ1) is 24.1. The second-order valence-corrected chi connectivity index (χ2v) is 7.35. The van der Waals surface area contributed by atoms with Gasteiger partial charge in [-0.25, -0.2) is 18.4 Å². The van der Waals surface area contributed by atoms with Gasteiger partial charge >= 0.3 is 12.0 Å². The maximum absolute atomic E-state index is 14.4. The highest BCUT2D eigenvalue weighted by Gasteiger charge is 2.19. The van der Waals surface area contributed by atoms with Crippen LogP contribution in [0.1, 0.15) is 44.6 Å². The van der Waals surface area contributed by atoms with Crippen molar-refractivity contribution in [2.75, 3.05) is 18.5 Å². The van der Waals surface area contributed by atoms with Gasteiger partial charge in [0.25, 0.3) is 0 Å². The number of carboxylic acids is 1. The molecule has 0 saturated carbocycles. The SMILES string of the molecule is C=C(C(=O)O)c1c(F)cc(-c2cccc(N(C)C(=O)NCCCCCCC)c2)cc1F. The number of unbranched alkanes of at least 4 members (excludes halogenated alkanes) is 4. The van der Waals surface area contributed by atoms with E-state index in [1.54, 1.807) is 31.3 Å². The third-order valence-electron chi connectivity index (χ3n) is 5.03. The molecule has 0 aliphatic carbocycles. The fraction of sp³-hybridized carbons (Fsp3) is 0.333. The highest BCUT2D eigenvalue weighted by Crippen LogP contribution is 2.30. The van der Waals surface area contributed by atoms with Crippen molar-refractivity contribution in [1.82, 2.24) is 5.32 Å². The number of urea groups is 1. The average molecular weight is 430 g/mol. The van der Waals surface area contributed by atoms with Gasteiger partial charge in [-0.2, -0.15) is 0 Å². The molecular formula is C24H28F2N2O3. The van der Waals surface area contributed by atoms with E-state index in [0.29, 0.717) is 17.8 Å². The van der Waals surface area contributed by atoms with Crippen LogP contribution in [-0.4, -0.2) is 30.7 Å². The van der Waals surface area contributed by atoms with Crippen LogP contribution in [0.25, 0.3) is 16.7 Å². The van der Waals surface area contributed by atoms with Gasteiger partial charge in [0.1, 0.15) is 11.6 Å². The number of benzene rings is 2. The van der Waals surface area contributed by atoms with Gasteiger partial charge in [-0.05, 0) is 41.8 Å². The first-order chi connectivity index (χ1) is 14.8. The van der Waals surface area contributed by atoms with E-state index < -0.39 is 28.7 Å². The Morgan fingerprint density at radius 1 is 1.03 bits per heavy atom. The summed E-state index contributed by atoms with van der Waals surface area (Å²) in [6.07, 6.45) is 5.47. The van der Waals surface area contributed by atoms with Crippen LogP contribution in [0.5, 0.6) is 0 Å². The lowest BCUT2D eigenvalue weighted by atomic mass is 9.99. The van der Waals surface area contributed by atoms with Crippen molar-refractivity contribution < 1.29 is 23.5 Å². The highest BCUT2D eigenvalue weighted by atomic mass is 19.1. The van der Waals surface area contributed by atoms with Crippen molar-refractivity contribution in [1.29, 1.82) is 0 Å². The standard InChI is InChI=1S/C24H28F2N2O3/c1-4-5-6-7-8-12-27-24(31)28(3)19-11-9-10-17(13-19)18-14-20(25)22(21(26)15-18)16(2)23(29)30/h9-11,13-15H,2,4-8,12H2,1,3H3,(H,27,31)(H,29,30). The largest absolute Gasteiger partial charge is 0.478 e. The molecule has 2 rings (SSSR count). The van der Waals surface area contributed by atoms with Crippen molar-refractivity contribution in [2.24, 2.45) is 0 Å². The molecule has 0 heterocycles. The molecule has 2 N–H and O–H groups in total. The predicted molar refractivity (Wildman–Crippen MR) is 119 cm³/mol. The van der Waals surface area contributed by atoms with Crippen LogP contribution in [0.4, 0.5) is 19.3 Å². The zero-order valence-electron chi connectivity index (χ0n) is 17.9. The number of carbonyl (C=O) groups excluding carboxylic acids is 1. The lowest BCUT2D eigenvalue weighted by Crippen LogP contribution is -2.37. The van der Waals surface area contributed by atoms with E-state index in [2.05, 4.69) is 18.8 Å². The third kappa shape index (κ3) is 6.38. The van der Waals surface area contributed by atoms with Gasteiger partial charge in [-0.3, -0.25) is 4.90 Å². The number of amides is 2. The number of carbonyl (C=O) groups is 2. The second kappa shape index (κ2) is 11.2. The number of halogens is 2. The molecule has 0 saturated heterocycles. The minimum Gasteiger partial charge on any atom is -0.478 e. The van der Waals surface area contributed by atoms with Crippen LogP contribution in [0, 0.1) is 11.6 Å². The Hall–Kier alpha value is -3.22. The van der Waals surface area contributed by atoms with Crippen molar-refractivity contribution in [3.05, 3.63) is 60.2 Å². The fourth-order valence-electron chi connectivity index (χ4n) is 3.19. The monoisotopic (exact) mass is 430 g/mol. The summed E-state index contributed by atoms with van der Waals surface area (Å²) in [5.74, 6) is -3.52. The van der Waals surface area contributed by atoms with Gasteiger partial charge in [-0.15, -0.1) is 0 Å². The van der Waals surface area contributed by atoms with E-state index in [-0.39, 0.29) is 11.6 Å². The minimum atomic E-state index is -1.49. The Kier molecular flexibility index (Phi) is 8.73. The van der Waals surface area contributed by atoms with Crippen molar-refractivity contribution in [3.63, 3.8) is 0 Å². The Morgan fingerprint density at radius 3 is 2.29 bits per heavy atom. The number of rotatable bonds is 10. The Morgan fingerprint density at radius 2 is 1.68 bits per heavy atom. The zero-order chi connectivity index (χ0) is 23.0. The van der Waals surface area contributed by atoms with Gasteiger partial charge in [0.2, 0.25) is 0 Å². The summed E-state index contributed by atoms with van der Waals surface area (Å²) in [5, 5.41) is 11.8. The molecule has 0 fully saturated rings. The van der Waals surface area contributed by atoms with Crippen molar-refractivity contribution in [3.8, 4) is 11.1 Å². The van der Waals surface area contributed by atoms with Gasteiger partial charge in [0.15, 0.2) is 0 Å². The smallest absolute Gasteiger partial charge is 0.335 e. The molecule has 0 spiro atoms. The van der Waals surface area contributed by atoms with Crippen LogP contribution in [-0.2, 0) is 4.79 Å². The van der Waals surface area contributed by atoms with Crippen molar-refractivity contribution in [2.45, 2.75) is 39.0 Å². The number of nitrogens with one attached hydrogen (secondary N) is 1. The van der Waals surface area contributed by atoms with E-state index >= 15 is 0 Å². The third-order valence-corrected chi connectivity index (χ3v) is 5.03. The van der Waals surface area contributed by atoms with Gasteiger partial charge in [0.05, 0.1) is 11.1 Å². The molecule has 0 aliphatic rings. The lowest BCUT2D eigenvalue weighted by Gasteiger charge is -2.19. The molecule has 2 aromatic carbocycles. The molecule has 0 bridgehead atoms. The summed E-state index contributed by atoms with van der Waals surface area (Å²) in [7, 11) is 1.62. The lowest BCUT2D eigenvalue weighted by molar-refractivity contribution is -0.130. The molecule has 0 aliphatic heterocycles. The second-order valence-electron chi connectivity index (χ2n) is 7.35. The average Bonchev–Trinajstić information content (AvgIpc) is 2.74. The zero-order valence-corrected chi connectivity index (χ0v) is 17.9. The summed E-state index contributed by atoms with van der Waals surface area (Å²) in [6.45, 7) is 5.95. The van der Waals surface area contributed by atoms with Crippen LogP contribution in [0.2, 0.25) is 0 Å². The number of hydrogen-bond donors (Lipinski definition) is 2. The number of aliphatic carboxylic acids is 1. The number of nitrogens with zero attached hydrogens (tertiary/aromatic N) is 1. The van der Waals surface area contributed by atoms with Gasteiger partial charge in [-0.1, -0.05) is 51.3 Å². The Labute approximate surface area is 181 Å². The summed E-state index contributed by atoms with van der Waals surface area (Å²) in [4.78, 5) is 24.8. The number of anilines is 1. The van der Waals surface area contributed by atoms with E-state index in [0.717, 1.165) is 37.8 Å². The summed E-state index contributed by atoms with van der Waals surface area (Å²) in [5.41, 5.74) is -0.0458. The molecule has 0 radical (unpaired) electrons. The maximum atomic E-state index is 14.4. The highest BCUT2D eigenvalue weighted by molar-refractivity contribution is 6.14. The molecule has 7 heteroatoms. The summed E-state index contributed by atoms with van der Waals surface area (Å²) < 4.78 is 28.8. The van der Waals surface area contributed by atoms with Gasteiger partial charge < -0.3 is 10.4 Å². The van der Waals surface area contributed by atoms with Crippen LogP contribution in [0.15, 0.2) is 43.0 Å². The van der Waals surface area contributed by atoms with E-state index in [1.165, 1.54) is 11.3 Å². The molecule has 0 unspecified atom stereocenters. The number of hydrogen-bond acceptors (Lipinski definition) is 2. The molecule has 2 aromatic rings. The molecule has 2 amide bonds. The van der Waals surface area contributed by atoms with Crippen LogP contribution >= 0.6 is 0 Å².